The molecule has 0 spiro atoms. The van der Waals surface area contributed by atoms with Crippen LogP contribution in [0.2, 0.25) is 0 Å². The molecule has 0 aromatic heterocycles. The van der Waals surface area contributed by atoms with Crippen LogP contribution < -0.4 is 0 Å². The Hall–Kier alpha value is -1.61. The summed E-state index contributed by atoms with van der Waals surface area (Å²) in [5, 5.41) is 9.84. The predicted molar refractivity (Wildman–Crippen MR) is 81.3 cm³/mol. The fourth-order valence-electron chi connectivity index (χ4n) is 2.63. The van der Waals surface area contributed by atoms with E-state index in [0.29, 0.717) is 6.54 Å². The van der Waals surface area contributed by atoms with E-state index >= 15 is 0 Å². The van der Waals surface area contributed by atoms with Crippen molar-refractivity contribution in [3.63, 3.8) is 0 Å². The molecule has 1 aromatic rings. The van der Waals surface area contributed by atoms with Crippen molar-refractivity contribution in [3.8, 4) is 0 Å². The van der Waals surface area contributed by atoms with Crippen molar-refractivity contribution in [2.24, 2.45) is 5.92 Å². The molecule has 0 bridgehead atoms. The molecule has 0 radical (unpaired) electrons. The van der Waals surface area contributed by atoms with Crippen molar-refractivity contribution in [1.82, 2.24) is 4.90 Å². The van der Waals surface area contributed by atoms with Crippen LogP contribution in [0.4, 0.5) is 0 Å². The molecule has 1 heterocycles. The molecule has 1 aromatic carbocycles. The largest absolute Gasteiger partial charge is 0.391 e. The Bertz CT molecular complexity index is 501. The molecule has 0 saturated carbocycles. The van der Waals surface area contributed by atoms with Crippen LogP contribution in [-0.2, 0) is 4.79 Å². The molecule has 1 saturated heterocycles. The van der Waals surface area contributed by atoms with Gasteiger partial charge in [0, 0.05) is 19.2 Å². The number of β-amino-alcohol motifs (C(OH)–C–C–N with tert-alkyl or cyclic N) is 1. The molecule has 1 aliphatic rings. The zero-order chi connectivity index (χ0) is 14.7. The third-order valence-electron chi connectivity index (χ3n) is 3.89. The number of hydrogen-bond donors (Lipinski definition) is 1. The second kappa shape index (κ2) is 6.23. The van der Waals surface area contributed by atoms with Gasteiger partial charge >= 0.3 is 0 Å². The Morgan fingerprint density at radius 3 is 2.55 bits per heavy atom. The van der Waals surface area contributed by atoms with Crippen LogP contribution >= 0.6 is 0 Å². The first-order valence-corrected chi connectivity index (χ1v) is 7.19. The number of rotatable bonds is 2. The number of amides is 1. The van der Waals surface area contributed by atoms with Gasteiger partial charge in [0.05, 0.1) is 6.10 Å². The lowest BCUT2D eigenvalue weighted by Gasteiger charge is -2.33. The summed E-state index contributed by atoms with van der Waals surface area (Å²) in [6.45, 7) is 7.30. The highest BCUT2D eigenvalue weighted by molar-refractivity contribution is 5.91. The smallest absolute Gasteiger partial charge is 0.246 e. The van der Waals surface area contributed by atoms with Crippen LogP contribution in [0.5, 0.6) is 0 Å². The number of nitrogens with zero attached hydrogens (tertiary/aromatic N) is 1. The number of carbonyl (C=O) groups excluding carboxylic acids is 1. The minimum absolute atomic E-state index is 0.0184. The first-order chi connectivity index (χ1) is 9.45. The topological polar surface area (TPSA) is 40.5 Å². The molecule has 20 heavy (non-hydrogen) atoms. The summed E-state index contributed by atoms with van der Waals surface area (Å²) < 4.78 is 0. The maximum Gasteiger partial charge on any atom is 0.246 e. The minimum atomic E-state index is -0.401. The maximum atomic E-state index is 12.1. The fraction of sp³-hybridized carbons (Fsp3) is 0.471. The predicted octanol–water partition coefficient (Wildman–Crippen LogP) is 2.55. The summed E-state index contributed by atoms with van der Waals surface area (Å²) in [7, 11) is 0. The Balaban J connectivity index is 2.02. The molecular formula is C17H23NO2. The van der Waals surface area contributed by atoms with Crippen molar-refractivity contribution in [2.45, 2.75) is 33.3 Å². The molecule has 3 heteroatoms. The van der Waals surface area contributed by atoms with E-state index in [0.717, 1.165) is 18.5 Å². The molecule has 1 N–H and O–H groups in total. The van der Waals surface area contributed by atoms with Crippen molar-refractivity contribution in [1.29, 1.82) is 0 Å². The second-order valence-corrected chi connectivity index (χ2v) is 5.87. The maximum absolute atomic E-state index is 12.1. The summed E-state index contributed by atoms with van der Waals surface area (Å²) in [5.74, 6) is 0.262. The van der Waals surface area contributed by atoms with Gasteiger partial charge in [0.2, 0.25) is 5.91 Å². The zero-order valence-electron chi connectivity index (χ0n) is 12.5. The van der Waals surface area contributed by atoms with E-state index < -0.39 is 6.10 Å². The van der Waals surface area contributed by atoms with E-state index in [-0.39, 0.29) is 11.8 Å². The standard InChI is InChI=1S/C17H23NO2/c1-12-8-13(2)10-15(9-12)4-5-17(20)18-7-6-14(3)16(19)11-18/h4-5,8-10,14,16,19H,6-7,11H2,1-3H3/b5-4+. The van der Waals surface area contributed by atoms with Gasteiger partial charge in [0.1, 0.15) is 0 Å². The number of likely N-dealkylation sites (tertiary alicyclic amines) is 1. The van der Waals surface area contributed by atoms with Gasteiger partial charge < -0.3 is 10.0 Å². The quantitative estimate of drug-likeness (QED) is 0.841. The fourth-order valence-corrected chi connectivity index (χ4v) is 2.63. The number of aliphatic hydroxyl groups excluding tert-OH is 1. The van der Waals surface area contributed by atoms with E-state index in [9.17, 15) is 9.90 Å². The van der Waals surface area contributed by atoms with Crippen LogP contribution in [-0.4, -0.2) is 35.1 Å². The van der Waals surface area contributed by atoms with E-state index in [1.165, 1.54) is 11.1 Å². The van der Waals surface area contributed by atoms with Crippen LogP contribution in [0.1, 0.15) is 30.0 Å². The summed E-state index contributed by atoms with van der Waals surface area (Å²) >= 11 is 0. The average molecular weight is 273 g/mol. The van der Waals surface area contributed by atoms with Crippen LogP contribution in [0.25, 0.3) is 6.08 Å². The van der Waals surface area contributed by atoms with E-state index in [4.69, 9.17) is 0 Å². The number of aryl methyl sites for hydroxylation is 2. The monoisotopic (exact) mass is 273 g/mol. The molecule has 3 nitrogen and oxygen atoms in total. The highest BCUT2D eigenvalue weighted by Crippen LogP contribution is 2.17. The molecular weight excluding hydrogens is 250 g/mol. The third kappa shape index (κ3) is 3.70. The van der Waals surface area contributed by atoms with Crippen molar-refractivity contribution >= 4 is 12.0 Å². The minimum Gasteiger partial charge on any atom is -0.391 e. The highest BCUT2D eigenvalue weighted by atomic mass is 16.3. The highest BCUT2D eigenvalue weighted by Gasteiger charge is 2.26. The Morgan fingerprint density at radius 1 is 1.30 bits per heavy atom. The Labute approximate surface area is 120 Å². The first-order valence-electron chi connectivity index (χ1n) is 7.19. The van der Waals surface area contributed by atoms with Crippen LogP contribution in [0.3, 0.4) is 0 Å². The van der Waals surface area contributed by atoms with Gasteiger partial charge in [-0.1, -0.05) is 36.2 Å². The molecule has 108 valence electrons. The Morgan fingerprint density at radius 2 is 1.95 bits per heavy atom. The molecule has 2 atom stereocenters. The van der Waals surface area contributed by atoms with Crippen LogP contribution in [0.15, 0.2) is 24.3 Å². The number of benzene rings is 1. The zero-order valence-corrected chi connectivity index (χ0v) is 12.5. The van der Waals surface area contributed by atoms with Gasteiger partial charge in [0.15, 0.2) is 0 Å². The molecule has 0 aliphatic carbocycles. The SMILES string of the molecule is Cc1cc(C)cc(/C=C/C(=O)N2CCC(C)C(O)C2)c1. The van der Waals surface area contributed by atoms with Gasteiger partial charge in [-0.3, -0.25) is 4.79 Å². The summed E-state index contributed by atoms with van der Waals surface area (Å²) in [4.78, 5) is 13.8. The summed E-state index contributed by atoms with van der Waals surface area (Å²) in [6.07, 6.45) is 3.93. The number of piperidine rings is 1. The number of aliphatic hydroxyl groups is 1. The lowest BCUT2D eigenvalue weighted by molar-refractivity contribution is -0.130. The Kier molecular flexibility index (Phi) is 4.61. The van der Waals surface area contributed by atoms with Gasteiger partial charge in [-0.05, 0) is 37.8 Å². The van der Waals surface area contributed by atoms with E-state index in [1.54, 1.807) is 11.0 Å². The lowest BCUT2D eigenvalue weighted by Crippen LogP contribution is -2.45. The number of hydrogen-bond acceptors (Lipinski definition) is 2. The summed E-state index contributed by atoms with van der Waals surface area (Å²) in [6, 6.07) is 6.23. The molecule has 2 unspecified atom stereocenters. The lowest BCUT2D eigenvalue weighted by atomic mass is 9.96. The average Bonchev–Trinajstić information content (AvgIpc) is 2.38. The third-order valence-corrected chi connectivity index (χ3v) is 3.89. The normalized spacial score (nSPS) is 23.3. The van der Waals surface area contributed by atoms with Crippen molar-refractivity contribution in [3.05, 3.63) is 41.0 Å². The van der Waals surface area contributed by atoms with Gasteiger partial charge in [0.25, 0.3) is 0 Å². The van der Waals surface area contributed by atoms with Crippen molar-refractivity contribution < 1.29 is 9.90 Å². The molecule has 2 rings (SSSR count). The molecule has 1 fully saturated rings. The molecule has 1 amide bonds. The van der Waals surface area contributed by atoms with Gasteiger partial charge in [-0.25, -0.2) is 0 Å². The first kappa shape index (κ1) is 14.8. The van der Waals surface area contributed by atoms with E-state index in [2.05, 4.69) is 32.0 Å². The van der Waals surface area contributed by atoms with Gasteiger partial charge in [-0.15, -0.1) is 0 Å². The number of carbonyl (C=O) groups is 1. The second-order valence-electron chi connectivity index (χ2n) is 5.87. The van der Waals surface area contributed by atoms with Gasteiger partial charge in [-0.2, -0.15) is 0 Å². The van der Waals surface area contributed by atoms with Crippen molar-refractivity contribution in [2.75, 3.05) is 13.1 Å². The van der Waals surface area contributed by atoms with E-state index in [1.807, 2.05) is 13.0 Å². The summed E-state index contributed by atoms with van der Waals surface area (Å²) in [5.41, 5.74) is 3.43. The molecule has 1 aliphatic heterocycles. The van der Waals surface area contributed by atoms with Crippen LogP contribution in [0, 0.1) is 19.8 Å².